The first-order valence-corrected chi connectivity index (χ1v) is 9.40. The molecular weight excluding hydrogens is 330 g/mol. The lowest BCUT2D eigenvalue weighted by atomic mass is 9.71. The minimum Gasteiger partial charge on any atom is -0.381 e. The van der Waals surface area contributed by atoms with Crippen molar-refractivity contribution in [2.75, 3.05) is 31.6 Å². The van der Waals surface area contributed by atoms with Gasteiger partial charge in [-0.25, -0.2) is 4.79 Å². The Balaban J connectivity index is 1.73. The van der Waals surface area contributed by atoms with Crippen LogP contribution in [0.2, 0.25) is 0 Å². The summed E-state index contributed by atoms with van der Waals surface area (Å²) in [6, 6.07) is 7.69. The lowest BCUT2D eigenvalue weighted by Gasteiger charge is -2.37. The molecule has 2 fully saturated rings. The van der Waals surface area contributed by atoms with Gasteiger partial charge in [0, 0.05) is 43.4 Å². The van der Waals surface area contributed by atoms with Crippen molar-refractivity contribution in [3.05, 3.63) is 29.8 Å². The van der Waals surface area contributed by atoms with Crippen molar-refractivity contribution in [1.82, 2.24) is 10.2 Å². The molecule has 1 aromatic carbocycles. The maximum Gasteiger partial charge on any atom is 0.321 e. The molecule has 0 aromatic heterocycles. The number of likely N-dealkylation sites (tertiary alicyclic amines) is 1. The molecule has 0 saturated carbocycles. The van der Waals surface area contributed by atoms with E-state index in [1.54, 1.807) is 4.90 Å². The van der Waals surface area contributed by atoms with Gasteiger partial charge in [0.05, 0.1) is 5.92 Å². The van der Waals surface area contributed by atoms with E-state index in [1.807, 2.05) is 45.0 Å². The third-order valence-corrected chi connectivity index (χ3v) is 5.47. The van der Waals surface area contributed by atoms with E-state index in [4.69, 9.17) is 4.74 Å². The van der Waals surface area contributed by atoms with E-state index in [-0.39, 0.29) is 29.3 Å². The first-order chi connectivity index (χ1) is 12.4. The number of urea groups is 1. The van der Waals surface area contributed by atoms with Gasteiger partial charge < -0.3 is 20.3 Å². The predicted octanol–water partition coefficient (Wildman–Crippen LogP) is 2.78. The molecule has 0 aliphatic carbocycles. The van der Waals surface area contributed by atoms with Crippen molar-refractivity contribution in [2.24, 2.45) is 11.3 Å². The van der Waals surface area contributed by atoms with Crippen LogP contribution in [-0.2, 0) is 9.53 Å². The van der Waals surface area contributed by atoms with Gasteiger partial charge in [-0.3, -0.25) is 4.79 Å². The highest BCUT2D eigenvalue weighted by Gasteiger charge is 2.51. The summed E-state index contributed by atoms with van der Waals surface area (Å²) in [5.41, 5.74) is 1.74. The molecule has 2 aliphatic rings. The Kier molecular flexibility index (Phi) is 5.51. The van der Waals surface area contributed by atoms with Crippen molar-refractivity contribution in [1.29, 1.82) is 0 Å². The summed E-state index contributed by atoms with van der Waals surface area (Å²) in [6.07, 6.45) is 1.63. The van der Waals surface area contributed by atoms with Crippen molar-refractivity contribution in [3.63, 3.8) is 0 Å². The highest BCUT2D eigenvalue weighted by molar-refractivity contribution is 5.90. The molecule has 1 atom stereocenters. The van der Waals surface area contributed by atoms with Crippen LogP contribution in [0.25, 0.3) is 0 Å². The zero-order chi connectivity index (χ0) is 18.7. The number of nitrogens with one attached hydrogen (secondary N) is 2. The fourth-order valence-corrected chi connectivity index (χ4v) is 3.99. The zero-order valence-electron chi connectivity index (χ0n) is 15.9. The van der Waals surface area contributed by atoms with Crippen LogP contribution in [0.1, 0.15) is 32.3 Å². The summed E-state index contributed by atoms with van der Waals surface area (Å²) in [4.78, 5) is 27.3. The highest BCUT2D eigenvalue weighted by atomic mass is 16.5. The maximum absolute atomic E-state index is 12.8. The van der Waals surface area contributed by atoms with Crippen LogP contribution in [0.15, 0.2) is 24.3 Å². The number of benzene rings is 1. The number of hydrogen-bond donors (Lipinski definition) is 2. The van der Waals surface area contributed by atoms with Crippen molar-refractivity contribution >= 4 is 17.6 Å². The van der Waals surface area contributed by atoms with Gasteiger partial charge in [-0.15, -0.1) is 0 Å². The predicted molar refractivity (Wildman–Crippen MR) is 101 cm³/mol. The van der Waals surface area contributed by atoms with E-state index in [9.17, 15) is 9.59 Å². The number of nitrogens with zero attached hydrogens (tertiary/aromatic N) is 1. The Labute approximate surface area is 155 Å². The van der Waals surface area contributed by atoms with Crippen LogP contribution in [-0.4, -0.2) is 49.2 Å². The molecule has 0 unspecified atom stereocenters. The smallest absolute Gasteiger partial charge is 0.321 e. The van der Waals surface area contributed by atoms with Crippen LogP contribution < -0.4 is 10.6 Å². The van der Waals surface area contributed by atoms with Crippen molar-refractivity contribution < 1.29 is 14.3 Å². The number of anilines is 1. The van der Waals surface area contributed by atoms with Gasteiger partial charge in [0.15, 0.2) is 0 Å². The van der Waals surface area contributed by atoms with Gasteiger partial charge in [0.1, 0.15) is 0 Å². The van der Waals surface area contributed by atoms with Gasteiger partial charge in [0.2, 0.25) is 5.91 Å². The summed E-state index contributed by atoms with van der Waals surface area (Å²) in [5.74, 6) is -0.134. The second-order valence-corrected chi connectivity index (χ2v) is 7.87. The van der Waals surface area contributed by atoms with E-state index in [1.165, 1.54) is 0 Å². The summed E-state index contributed by atoms with van der Waals surface area (Å²) >= 11 is 0. The summed E-state index contributed by atoms with van der Waals surface area (Å²) in [6.45, 7) is 8.30. The maximum atomic E-state index is 12.8. The van der Waals surface area contributed by atoms with E-state index < -0.39 is 0 Å². The summed E-state index contributed by atoms with van der Waals surface area (Å²) in [5, 5.41) is 5.99. The van der Waals surface area contributed by atoms with Gasteiger partial charge in [-0.1, -0.05) is 17.7 Å². The Morgan fingerprint density at radius 1 is 1.19 bits per heavy atom. The number of amides is 3. The third kappa shape index (κ3) is 4.01. The first kappa shape index (κ1) is 18.7. The molecule has 2 heterocycles. The molecule has 6 nitrogen and oxygen atoms in total. The monoisotopic (exact) mass is 359 g/mol. The minimum atomic E-state index is -0.183. The number of aryl methyl sites for hydroxylation is 1. The molecular formula is C20H29N3O3. The molecule has 2 aliphatic heterocycles. The van der Waals surface area contributed by atoms with Gasteiger partial charge in [0.25, 0.3) is 0 Å². The van der Waals surface area contributed by atoms with E-state index in [0.29, 0.717) is 26.3 Å². The van der Waals surface area contributed by atoms with Crippen molar-refractivity contribution in [3.8, 4) is 0 Å². The Bertz CT molecular complexity index is 651. The quantitative estimate of drug-likeness (QED) is 0.872. The van der Waals surface area contributed by atoms with Crippen LogP contribution in [0.4, 0.5) is 10.5 Å². The van der Waals surface area contributed by atoms with E-state index in [0.717, 1.165) is 24.1 Å². The molecule has 1 aromatic rings. The number of carbonyl (C=O) groups excluding carboxylic acids is 2. The van der Waals surface area contributed by atoms with Gasteiger partial charge in [-0.05, 0) is 45.7 Å². The van der Waals surface area contributed by atoms with Crippen LogP contribution in [0.3, 0.4) is 0 Å². The number of ether oxygens (including phenoxy) is 1. The Hall–Kier alpha value is -2.08. The fourth-order valence-electron chi connectivity index (χ4n) is 3.99. The molecule has 0 bridgehead atoms. The molecule has 1 spiro atoms. The normalized spacial score (nSPS) is 21.8. The highest BCUT2D eigenvalue weighted by Crippen LogP contribution is 2.44. The number of hydrogen-bond acceptors (Lipinski definition) is 3. The lowest BCUT2D eigenvalue weighted by Crippen LogP contribution is -2.46. The lowest BCUT2D eigenvalue weighted by molar-refractivity contribution is -0.130. The second-order valence-electron chi connectivity index (χ2n) is 7.87. The second kappa shape index (κ2) is 7.66. The van der Waals surface area contributed by atoms with Crippen LogP contribution >= 0.6 is 0 Å². The minimum absolute atomic E-state index is 0.0486. The Morgan fingerprint density at radius 3 is 2.46 bits per heavy atom. The third-order valence-electron chi connectivity index (χ3n) is 5.47. The van der Waals surface area contributed by atoms with Crippen molar-refractivity contribution in [2.45, 2.75) is 39.7 Å². The zero-order valence-corrected chi connectivity index (χ0v) is 15.9. The molecule has 2 saturated heterocycles. The number of rotatable bonds is 3. The van der Waals surface area contributed by atoms with E-state index in [2.05, 4.69) is 10.6 Å². The molecule has 3 rings (SSSR count). The standard InChI is InChI=1S/C20H29N3O3/c1-14(2)21-18(24)17-12-23(13-20(17)8-10-26-11-9-20)19(25)22-16-6-4-15(3)5-7-16/h4-7,14,17H,8-13H2,1-3H3,(H,21,24)(H,22,25)/t17-/m0/s1. The summed E-state index contributed by atoms with van der Waals surface area (Å²) in [7, 11) is 0. The average Bonchev–Trinajstić information content (AvgIpc) is 2.96. The molecule has 3 amide bonds. The topological polar surface area (TPSA) is 70.7 Å². The van der Waals surface area contributed by atoms with Gasteiger partial charge in [-0.2, -0.15) is 0 Å². The molecule has 6 heteroatoms. The largest absolute Gasteiger partial charge is 0.381 e. The summed E-state index contributed by atoms with van der Waals surface area (Å²) < 4.78 is 5.52. The van der Waals surface area contributed by atoms with Crippen LogP contribution in [0, 0.1) is 18.3 Å². The molecule has 142 valence electrons. The SMILES string of the molecule is Cc1ccc(NC(=O)N2C[C@@H](C(=O)NC(C)C)C3(CCOCC3)C2)cc1. The molecule has 2 N–H and O–H groups in total. The molecule has 26 heavy (non-hydrogen) atoms. The van der Waals surface area contributed by atoms with E-state index >= 15 is 0 Å². The first-order valence-electron chi connectivity index (χ1n) is 9.40. The average molecular weight is 359 g/mol. The van der Waals surface area contributed by atoms with Gasteiger partial charge >= 0.3 is 6.03 Å². The number of carbonyl (C=O) groups is 2. The van der Waals surface area contributed by atoms with Crippen LogP contribution in [0.5, 0.6) is 0 Å². The molecule has 0 radical (unpaired) electrons. The Morgan fingerprint density at radius 2 is 1.85 bits per heavy atom. The fraction of sp³-hybridized carbons (Fsp3) is 0.600.